The molecular weight excluding hydrogens is 304 g/mol. The zero-order valence-electron chi connectivity index (χ0n) is 14.7. The molecule has 1 aromatic rings. The van der Waals surface area contributed by atoms with Crippen LogP contribution in [0.3, 0.4) is 0 Å². The normalized spacial score (nSPS) is 16.5. The second-order valence-electron chi connectivity index (χ2n) is 7.04. The van der Waals surface area contributed by atoms with Crippen LogP contribution < -0.4 is 21.3 Å². The summed E-state index contributed by atoms with van der Waals surface area (Å²) in [6, 6.07) is 6.79. The van der Waals surface area contributed by atoms with E-state index in [0.29, 0.717) is 17.8 Å². The van der Waals surface area contributed by atoms with Crippen molar-refractivity contribution in [2.45, 2.75) is 39.7 Å². The van der Waals surface area contributed by atoms with Crippen LogP contribution in [0.1, 0.15) is 44.0 Å². The summed E-state index contributed by atoms with van der Waals surface area (Å²) in [5.41, 5.74) is 1.12. The fraction of sp³-hybridized carbons (Fsp3) is 0.556. The summed E-state index contributed by atoms with van der Waals surface area (Å²) in [4.78, 5) is 24.4. The number of hydrogen-bond acceptors (Lipinski definition) is 3. The van der Waals surface area contributed by atoms with Crippen molar-refractivity contribution in [2.75, 3.05) is 25.0 Å². The Morgan fingerprint density at radius 1 is 1.21 bits per heavy atom. The third-order valence-electron chi connectivity index (χ3n) is 4.33. The monoisotopic (exact) mass is 332 g/mol. The SMILES string of the molecule is CC(C)NC(=O)Nc1ccccc1C(=O)NCC1(C)CCNCC1. The maximum absolute atomic E-state index is 12.6. The molecule has 1 saturated heterocycles. The van der Waals surface area contributed by atoms with Crippen LogP contribution >= 0.6 is 0 Å². The molecule has 4 N–H and O–H groups in total. The number of benzene rings is 1. The standard InChI is InChI=1S/C18H28N4O2/c1-13(2)21-17(24)22-15-7-5-4-6-14(15)16(23)20-12-18(3)8-10-19-11-9-18/h4-7,13,19H,8-12H2,1-3H3,(H,20,23)(H2,21,22,24). The molecule has 0 saturated carbocycles. The number of rotatable bonds is 5. The Labute approximate surface area is 143 Å². The molecule has 6 heteroatoms. The molecule has 0 aliphatic carbocycles. The largest absolute Gasteiger partial charge is 0.351 e. The third kappa shape index (κ3) is 5.23. The first-order valence-electron chi connectivity index (χ1n) is 8.55. The van der Waals surface area contributed by atoms with Crippen molar-refractivity contribution in [3.8, 4) is 0 Å². The quantitative estimate of drug-likeness (QED) is 0.668. The van der Waals surface area contributed by atoms with Crippen molar-refractivity contribution in [3.05, 3.63) is 29.8 Å². The van der Waals surface area contributed by atoms with E-state index < -0.39 is 0 Å². The summed E-state index contributed by atoms with van der Waals surface area (Å²) in [5, 5.41) is 11.9. The molecule has 1 aliphatic rings. The first-order valence-corrected chi connectivity index (χ1v) is 8.55. The minimum Gasteiger partial charge on any atom is -0.351 e. The van der Waals surface area contributed by atoms with Gasteiger partial charge in [0.15, 0.2) is 0 Å². The minimum absolute atomic E-state index is 0.0332. The number of piperidine rings is 1. The molecule has 0 spiro atoms. The number of carbonyl (C=O) groups excluding carboxylic acids is 2. The highest BCUT2D eigenvalue weighted by atomic mass is 16.2. The first-order chi connectivity index (χ1) is 11.4. The van der Waals surface area contributed by atoms with Gasteiger partial charge in [0.05, 0.1) is 11.3 Å². The van der Waals surface area contributed by atoms with E-state index in [1.54, 1.807) is 24.3 Å². The van der Waals surface area contributed by atoms with Gasteiger partial charge in [-0.25, -0.2) is 4.79 Å². The average molecular weight is 332 g/mol. The van der Waals surface area contributed by atoms with Crippen LogP contribution in [0.25, 0.3) is 0 Å². The van der Waals surface area contributed by atoms with Crippen LogP contribution in [-0.4, -0.2) is 37.6 Å². The first kappa shape index (κ1) is 18.3. The predicted octanol–water partition coefficient (Wildman–Crippen LogP) is 2.34. The van der Waals surface area contributed by atoms with Crippen molar-refractivity contribution >= 4 is 17.6 Å². The summed E-state index contributed by atoms with van der Waals surface area (Å²) < 4.78 is 0. The number of nitrogens with one attached hydrogen (secondary N) is 4. The summed E-state index contributed by atoms with van der Waals surface area (Å²) in [7, 11) is 0. The van der Waals surface area contributed by atoms with E-state index in [2.05, 4.69) is 28.2 Å². The molecule has 1 aromatic carbocycles. The van der Waals surface area contributed by atoms with Gasteiger partial charge in [0, 0.05) is 12.6 Å². The molecule has 0 aromatic heterocycles. The fourth-order valence-corrected chi connectivity index (χ4v) is 2.81. The number of para-hydroxylation sites is 1. The maximum Gasteiger partial charge on any atom is 0.319 e. The number of hydrogen-bond donors (Lipinski definition) is 4. The molecule has 3 amide bonds. The highest BCUT2D eigenvalue weighted by Crippen LogP contribution is 2.27. The lowest BCUT2D eigenvalue weighted by Gasteiger charge is -2.34. The van der Waals surface area contributed by atoms with Crippen molar-refractivity contribution < 1.29 is 9.59 Å². The van der Waals surface area contributed by atoms with E-state index in [0.717, 1.165) is 25.9 Å². The molecule has 132 valence electrons. The van der Waals surface area contributed by atoms with Gasteiger partial charge in [-0.3, -0.25) is 4.79 Å². The summed E-state index contributed by atoms with van der Waals surface area (Å²) in [6.45, 7) is 8.59. The van der Waals surface area contributed by atoms with Crippen molar-refractivity contribution in [3.63, 3.8) is 0 Å². The molecule has 2 rings (SSSR count). The Hall–Kier alpha value is -2.08. The molecule has 1 aliphatic heterocycles. The van der Waals surface area contributed by atoms with Gasteiger partial charge in [-0.2, -0.15) is 0 Å². The van der Waals surface area contributed by atoms with Gasteiger partial charge in [-0.15, -0.1) is 0 Å². The van der Waals surface area contributed by atoms with E-state index >= 15 is 0 Å². The van der Waals surface area contributed by atoms with E-state index in [4.69, 9.17) is 0 Å². The van der Waals surface area contributed by atoms with Crippen LogP contribution in [0.5, 0.6) is 0 Å². The number of carbonyl (C=O) groups is 2. The molecule has 0 radical (unpaired) electrons. The zero-order valence-corrected chi connectivity index (χ0v) is 14.7. The van der Waals surface area contributed by atoms with Crippen molar-refractivity contribution in [2.24, 2.45) is 5.41 Å². The summed E-state index contributed by atoms with van der Waals surface area (Å²) in [6.07, 6.45) is 2.09. The number of urea groups is 1. The van der Waals surface area contributed by atoms with E-state index in [1.165, 1.54) is 0 Å². The van der Waals surface area contributed by atoms with Gasteiger partial charge in [0.2, 0.25) is 0 Å². The molecule has 1 heterocycles. The maximum atomic E-state index is 12.6. The van der Waals surface area contributed by atoms with E-state index in [9.17, 15) is 9.59 Å². The highest BCUT2D eigenvalue weighted by Gasteiger charge is 2.27. The molecule has 0 unspecified atom stereocenters. The number of amides is 3. The van der Waals surface area contributed by atoms with Crippen LogP contribution in [-0.2, 0) is 0 Å². The Balaban J connectivity index is 2.00. The lowest BCUT2D eigenvalue weighted by Crippen LogP contribution is -2.43. The molecule has 0 atom stereocenters. The Bertz CT molecular complexity index is 580. The molecule has 6 nitrogen and oxygen atoms in total. The van der Waals surface area contributed by atoms with E-state index in [1.807, 2.05) is 13.8 Å². The predicted molar refractivity (Wildman–Crippen MR) is 96.3 cm³/mol. The lowest BCUT2D eigenvalue weighted by molar-refractivity contribution is 0.0923. The van der Waals surface area contributed by atoms with Crippen LogP contribution in [0.2, 0.25) is 0 Å². The molecular formula is C18H28N4O2. The Kier molecular flexibility index (Phi) is 6.20. The third-order valence-corrected chi connectivity index (χ3v) is 4.33. The van der Waals surface area contributed by atoms with Gasteiger partial charge in [0.1, 0.15) is 0 Å². The Morgan fingerprint density at radius 2 is 1.88 bits per heavy atom. The highest BCUT2D eigenvalue weighted by molar-refractivity contribution is 6.03. The fourth-order valence-electron chi connectivity index (χ4n) is 2.81. The second-order valence-corrected chi connectivity index (χ2v) is 7.04. The summed E-state index contributed by atoms with van der Waals surface area (Å²) >= 11 is 0. The zero-order chi connectivity index (χ0) is 17.6. The average Bonchev–Trinajstić information content (AvgIpc) is 2.53. The molecule has 0 bridgehead atoms. The minimum atomic E-state index is -0.310. The summed E-state index contributed by atoms with van der Waals surface area (Å²) in [5.74, 6) is -0.157. The van der Waals surface area contributed by atoms with Gasteiger partial charge in [-0.05, 0) is 57.3 Å². The van der Waals surface area contributed by atoms with E-state index in [-0.39, 0.29) is 23.4 Å². The van der Waals surface area contributed by atoms with Gasteiger partial charge in [0.25, 0.3) is 5.91 Å². The molecule has 1 fully saturated rings. The smallest absolute Gasteiger partial charge is 0.319 e. The van der Waals surface area contributed by atoms with Gasteiger partial charge >= 0.3 is 6.03 Å². The lowest BCUT2D eigenvalue weighted by atomic mass is 9.81. The van der Waals surface area contributed by atoms with Crippen LogP contribution in [0.4, 0.5) is 10.5 Å². The van der Waals surface area contributed by atoms with Crippen LogP contribution in [0.15, 0.2) is 24.3 Å². The van der Waals surface area contributed by atoms with Gasteiger partial charge in [-0.1, -0.05) is 19.1 Å². The van der Waals surface area contributed by atoms with Gasteiger partial charge < -0.3 is 21.3 Å². The topological polar surface area (TPSA) is 82.3 Å². The van der Waals surface area contributed by atoms with Crippen molar-refractivity contribution in [1.29, 1.82) is 0 Å². The molecule has 24 heavy (non-hydrogen) atoms. The van der Waals surface area contributed by atoms with Crippen molar-refractivity contribution in [1.82, 2.24) is 16.0 Å². The number of anilines is 1. The van der Waals surface area contributed by atoms with Crippen LogP contribution in [0, 0.1) is 5.41 Å². The Morgan fingerprint density at radius 3 is 2.54 bits per heavy atom. The second kappa shape index (κ2) is 8.15.